The highest BCUT2D eigenvalue weighted by atomic mass is 16.5. The van der Waals surface area contributed by atoms with Gasteiger partial charge in [-0.15, -0.1) is 0 Å². The Morgan fingerprint density at radius 2 is 1.69 bits per heavy atom. The lowest BCUT2D eigenvalue weighted by atomic mass is 9.89. The van der Waals surface area contributed by atoms with E-state index in [0.717, 1.165) is 42.9 Å². The van der Waals surface area contributed by atoms with Crippen molar-refractivity contribution in [1.29, 1.82) is 0 Å². The molecule has 3 heterocycles. The van der Waals surface area contributed by atoms with Crippen LogP contribution in [0, 0.1) is 11.8 Å². The minimum absolute atomic E-state index is 0.180. The van der Waals surface area contributed by atoms with Crippen molar-refractivity contribution in [3.05, 3.63) is 71.9 Å². The molecule has 8 nitrogen and oxygen atoms in total. The summed E-state index contributed by atoms with van der Waals surface area (Å²) in [6.45, 7) is 1.82. The van der Waals surface area contributed by atoms with Crippen LogP contribution < -0.4 is 26.5 Å². The molecule has 0 radical (unpaired) electrons. The summed E-state index contributed by atoms with van der Waals surface area (Å²) in [5.74, 6) is 0.476. The Kier molecular flexibility index (Phi) is 5.55. The van der Waals surface area contributed by atoms with Gasteiger partial charge < -0.3 is 21.1 Å². The van der Waals surface area contributed by atoms with Crippen LogP contribution in [-0.2, 0) is 9.59 Å². The smallest absolute Gasteiger partial charge is 0.247 e. The van der Waals surface area contributed by atoms with Gasteiger partial charge >= 0.3 is 0 Å². The number of nitrogens with one attached hydrogen (secondary N) is 3. The Morgan fingerprint density at radius 1 is 1.00 bits per heavy atom. The van der Waals surface area contributed by atoms with Crippen molar-refractivity contribution in [3.8, 4) is 11.5 Å². The van der Waals surface area contributed by atoms with E-state index in [0.29, 0.717) is 5.75 Å². The minimum atomic E-state index is -0.606. The molecule has 3 atom stereocenters. The molecule has 0 aliphatic carbocycles. The van der Waals surface area contributed by atoms with E-state index in [4.69, 9.17) is 10.5 Å². The fraction of sp³-hybridized carbons (Fsp3) is 0.333. The monoisotopic (exact) mass is 433 g/mol. The number of nitrogens with two attached hydrogens (primary N) is 1. The number of hydrazine groups is 1. The summed E-state index contributed by atoms with van der Waals surface area (Å²) < 4.78 is 5.88. The van der Waals surface area contributed by atoms with Gasteiger partial charge in [0.1, 0.15) is 17.7 Å². The van der Waals surface area contributed by atoms with Crippen LogP contribution >= 0.6 is 0 Å². The SMILES string of the molecule is NC(=O)C1C(c2ccc(Oc3ccccc3)cc2)NN2C(C3CCNCC3)=CC(=O)NC12. The van der Waals surface area contributed by atoms with Crippen molar-refractivity contribution < 1.29 is 14.3 Å². The van der Waals surface area contributed by atoms with Gasteiger partial charge in [0.15, 0.2) is 0 Å². The van der Waals surface area contributed by atoms with E-state index in [1.807, 2.05) is 59.6 Å². The third-order valence-corrected chi connectivity index (χ3v) is 6.41. The second-order valence-electron chi connectivity index (χ2n) is 8.44. The van der Waals surface area contributed by atoms with Crippen LogP contribution in [0.2, 0.25) is 0 Å². The van der Waals surface area contributed by atoms with E-state index in [-0.39, 0.29) is 17.9 Å². The van der Waals surface area contributed by atoms with E-state index in [1.165, 1.54) is 0 Å². The average Bonchev–Trinajstić information content (AvgIpc) is 3.20. The molecule has 3 unspecified atom stereocenters. The number of hydrogen-bond acceptors (Lipinski definition) is 6. The normalized spacial score (nSPS) is 25.6. The van der Waals surface area contributed by atoms with Gasteiger partial charge in [-0.3, -0.25) is 14.6 Å². The molecule has 166 valence electrons. The maximum absolute atomic E-state index is 12.5. The van der Waals surface area contributed by atoms with Crippen molar-refractivity contribution in [1.82, 2.24) is 21.1 Å². The number of piperidine rings is 1. The maximum atomic E-state index is 12.5. The predicted molar refractivity (Wildman–Crippen MR) is 119 cm³/mol. The molecule has 0 aromatic heterocycles. The van der Waals surface area contributed by atoms with Crippen molar-refractivity contribution in [2.24, 2.45) is 17.6 Å². The summed E-state index contributed by atoms with van der Waals surface area (Å²) in [6.07, 6.45) is 3.03. The van der Waals surface area contributed by atoms with Crippen LogP contribution in [0.4, 0.5) is 0 Å². The van der Waals surface area contributed by atoms with Crippen LogP contribution in [0.5, 0.6) is 11.5 Å². The highest BCUT2D eigenvalue weighted by molar-refractivity contribution is 5.90. The number of fused-ring (bicyclic) bond motifs is 1. The standard InChI is InChI=1S/C24H27N5O3/c25-23(31)21-22(16-6-8-18(9-7-16)32-17-4-2-1-3-5-17)28-29-19(14-20(30)27-24(21)29)15-10-12-26-13-11-15/h1-9,14-15,21-22,24,26,28H,10-13H2,(H2,25,31)(H,27,30). The van der Waals surface area contributed by atoms with Crippen LogP contribution in [0.1, 0.15) is 24.4 Å². The van der Waals surface area contributed by atoms with Gasteiger partial charge in [0, 0.05) is 17.7 Å². The zero-order valence-electron chi connectivity index (χ0n) is 17.7. The number of primary amides is 1. The molecule has 5 N–H and O–H groups in total. The van der Waals surface area contributed by atoms with Crippen molar-refractivity contribution in [3.63, 3.8) is 0 Å². The van der Waals surface area contributed by atoms with Gasteiger partial charge in [0.05, 0.1) is 12.0 Å². The molecular formula is C24H27N5O3. The lowest BCUT2D eigenvalue weighted by Crippen LogP contribution is -2.55. The van der Waals surface area contributed by atoms with E-state index < -0.39 is 18.0 Å². The molecular weight excluding hydrogens is 406 g/mol. The quantitative estimate of drug-likeness (QED) is 0.573. The largest absolute Gasteiger partial charge is 0.457 e. The van der Waals surface area contributed by atoms with Gasteiger partial charge in [-0.25, -0.2) is 5.43 Å². The number of benzene rings is 2. The van der Waals surface area contributed by atoms with Gasteiger partial charge in [-0.05, 0) is 55.8 Å². The van der Waals surface area contributed by atoms with Gasteiger partial charge in [-0.1, -0.05) is 30.3 Å². The van der Waals surface area contributed by atoms with Crippen molar-refractivity contribution >= 4 is 11.8 Å². The summed E-state index contributed by atoms with van der Waals surface area (Å²) in [5.41, 5.74) is 11.1. The number of para-hydroxylation sites is 1. The molecule has 0 saturated carbocycles. The second kappa shape index (κ2) is 8.64. The van der Waals surface area contributed by atoms with Crippen LogP contribution in [0.3, 0.4) is 0 Å². The highest BCUT2D eigenvalue weighted by Gasteiger charge is 2.49. The Morgan fingerprint density at radius 3 is 2.38 bits per heavy atom. The number of nitrogens with zero attached hydrogens (tertiary/aromatic N) is 1. The summed E-state index contributed by atoms with van der Waals surface area (Å²) in [7, 11) is 0. The third kappa shape index (κ3) is 3.94. The molecule has 3 aliphatic heterocycles. The van der Waals surface area contributed by atoms with Crippen LogP contribution in [0.25, 0.3) is 0 Å². The third-order valence-electron chi connectivity index (χ3n) is 6.41. The van der Waals surface area contributed by atoms with Crippen LogP contribution in [-0.4, -0.2) is 36.1 Å². The zero-order valence-corrected chi connectivity index (χ0v) is 17.7. The molecule has 0 bridgehead atoms. The Bertz CT molecular complexity index is 1020. The van der Waals surface area contributed by atoms with E-state index in [9.17, 15) is 9.59 Å². The summed E-state index contributed by atoms with van der Waals surface area (Å²) in [4.78, 5) is 25.0. The van der Waals surface area contributed by atoms with Gasteiger partial charge in [0.2, 0.25) is 11.8 Å². The lowest BCUT2D eigenvalue weighted by Gasteiger charge is -2.38. The first kappa shape index (κ1) is 20.5. The molecule has 32 heavy (non-hydrogen) atoms. The number of hydrogen-bond donors (Lipinski definition) is 4. The van der Waals surface area contributed by atoms with Crippen molar-refractivity contribution in [2.75, 3.05) is 13.1 Å². The number of carbonyl (C=O) groups excluding carboxylic acids is 2. The van der Waals surface area contributed by atoms with E-state index in [2.05, 4.69) is 16.1 Å². The van der Waals surface area contributed by atoms with Crippen molar-refractivity contribution in [2.45, 2.75) is 25.0 Å². The molecule has 5 rings (SSSR count). The molecule has 3 aliphatic rings. The fourth-order valence-electron chi connectivity index (χ4n) is 4.84. The Hall–Kier alpha value is -3.36. The molecule has 2 fully saturated rings. The molecule has 2 aromatic rings. The lowest BCUT2D eigenvalue weighted by molar-refractivity contribution is -0.125. The fourth-order valence-corrected chi connectivity index (χ4v) is 4.84. The molecule has 0 spiro atoms. The zero-order chi connectivity index (χ0) is 22.1. The first-order chi connectivity index (χ1) is 15.6. The molecule has 8 heteroatoms. The second-order valence-corrected chi connectivity index (χ2v) is 8.44. The summed E-state index contributed by atoms with van der Waals surface area (Å²) in [6, 6.07) is 16.8. The van der Waals surface area contributed by atoms with Crippen LogP contribution in [0.15, 0.2) is 66.4 Å². The van der Waals surface area contributed by atoms with Gasteiger partial charge in [0.25, 0.3) is 0 Å². The van der Waals surface area contributed by atoms with E-state index in [1.54, 1.807) is 6.08 Å². The highest BCUT2D eigenvalue weighted by Crippen LogP contribution is 2.39. The van der Waals surface area contributed by atoms with E-state index >= 15 is 0 Å². The number of amides is 2. The topological polar surface area (TPSA) is 109 Å². The minimum Gasteiger partial charge on any atom is -0.457 e. The maximum Gasteiger partial charge on any atom is 0.247 e. The number of allylic oxidation sites excluding steroid dienone is 1. The first-order valence-electron chi connectivity index (χ1n) is 11.0. The Balaban J connectivity index is 1.40. The molecule has 2 saturated heterocycles. The summed E-state index contributed by atoms with van der Waals surface area (Å²) in [5, 5.41) is 8.24. The first-order valence-corrected chi connectivity index (χ1v) is 11.0. The number of ether oxygens (including phenoxy) is 1. The average molecular weight is 434 g/mol. The molecule has 2 aromatic carbocycles. The number of rotatable bonds is 5. The summed E-state index contributed by atoms with van der Waals surface area (Å²) >= 11 is 0. The Labute approximate surface area is 186 Å². The van der Waals surface area contributed by atoms with Gasteiger partial charge in [-0.2, -0.15) is 0 Å². The number of carbonyl (C=O) groups is 2. The molecule has 2 amide bonds. The predicted octanol–water partition coefficient (Wildman–Crippen LogP) is 1.78.